The van der Waals surface area contributed by atoms with Crippen LogP contribution >= 0.6 is 0 Å². The van der Waals surface area contributed by atoms with E-state index in [9.17, 15) is 4.39 Å². The van der Waals surface area contributed by atoms with Crippen molar-refractivity contribution in [3.05, 3.63) is 71.8 Å². The van der Waals surface area contributed by atoms with Gasteiger partial charge in [0, 0.05) is 25.2 Å². The average molecular weight is 337 g/mol. The van der Waals surface area contributed by atoms with E-state index in [1.165, 1.54) is 17.7 Å². The summed E-state index contributed by atoms with van der Waals surface area (Å²) in [6.07, 6.45) is 1.91. The van der Waals surface area contributed by atoms with Crippen molar-refractivity contribution in [2.75, 3.05) is 13.2 Å². The smallest absolute Gasteiger partial charge is 0.181 e. The van der Waals surface area contributed by atoms with Crippen molar-refractivity contribution in [3.63, 3.8) is 0 Å². The van der Waals surface area contributed by atoms with Gasteiger partial charge in [0.25, 0.3) is 0 Å². The van der Waals surface area contributed by atoms with Crippen LogP contribution in [0.1, 0.15) is 17.8 Å². The molecule has 2 aromatic carbocycles. The Kier molecular flexibility index (Phi) is 4.57. The van der Waals surface area contributed by atoms with Crippen molar-refractivity contribution in [1.29, 1.82) is 0 Å². The molecule has 0 saturated carbocycles. The topological polar surface area (TPSA) is 39.9 Å². The normalized spacial score (nSPS) is 17.1. The number of rotatable bonds is 5. The molecule has 4 nitrogen and oxygen atoms in total. The van der Waals surface area contributed by atoms with E-state index in [0.29, 0.717) is 18.3 Å². The van der Waals surface area contributed by atoms with Crippen molar-refractivity contribution in [2.24, 2.45) is 5.92 Å². The van der Waals surface area contributed by atoms with Crippen molar-refractivity contribution >= 4 is 0 Å². The highest BCUT2D eigenvalue weighted by Crippen LogP contribution is 2.21. The van der Waals surface area contributed by atoms with Gasteiger partial charge in [-0.3, -0.25) is 0 Å². The van der Waals surface area contributed by atoms with Crippen LogP contribution in [0.5, 0.6) is 0 Å². The molecule has 1 saturated heterocycles. The van der Waals surface area contributed by atoms with E-state index >= 15 is 0 Å². The summed E-state index contributed by atoms with van der Waals surface area (Å²) in [6, 6.07) is 16.6. The summed E-state index contributed by atoms with van der Waals surface area (Å²) in [6.45, 7) is 2.28. The molecule has 25 heavy (non-hydrogen) atoms. The minimum Gasteiger partial charge on any atom is -0.381 e. The predicted octanol–water partition coefficient (Wildman–Crippen LogP) is 3.71. The second kappa shape index (κ2) is 7.15. The highest BCUT2D eigenvalue weighted by molar-refractivity contribution is 5.54. The fourth-order valence-corrected chi connectivity index (χ4v) is 3.13. The number of ether oxygens (including phenoxy) is 1. The molecule has 0 spiro atoms. The second-order valence-electron chi connectivity index (χ2n) is 6.44. The first-order valence-corrected chi connectivity index (χ1v) is 8.59. The van der Waals surface area contributed by atoms with Crippen LogP contribution in [0.2, 0.25) is 0 Å². The summed E-state index contributed by atoms with van der Waals surface area (Å²) in [5, 5.41) is 4.69. The Morgan fingerprint density at radius 3 is 2.60 bits per heavy atom. The first kappa shape index (κ1) is 16.0. The molecule has 0 aliphatic carbocycles. The number of hydrogen-bond donors (Lipinski definition) is 0. The largest absolute Gasteiger partial charge is 0.381 e. The average Bonchev–Trinajstić information content (AvgIpc) is 3.28. The molecule has 0 radical (unpaired) electrons. The fraction of sp³-hybridized carbons (Fsp3) is 0.300. The maximum atomic E-state index is 13.2. The third-order valence-electron chi connectivity index (χ3n) is 4.52. The number of aromatic nitrogens is 3. The Bertz CT molecular complexity index is 824. The summed E-state index contributed by atoms with van der Waals surface area (Å²) in [7, 11) is 0. The fourth-order valence-electron chi connectivity index (χ4n) is 3.13. The Balaban J connectivity index is 1.65. The third-order valence-corrected chi connectivity index (χ3v) is 4.52. The van der Waals surface area contributed by atoms with E-state index in [4.69, 9.17) is 9.72 Å². The molecule has 3 aromatic rings. The van der Waals surface area contributed by atoms with Gasteiger partial charge in [-0.25, -0.2) is 14.1 Å². The van der Waals surface area contributed by atoms with Crippen LogP contribution < -0.4 is 0 Å². The lowest BCUT2D eigenvalue weighted by molar-refractivity contribution is 0.185. The molecule has 0 amide bonds. The first-order chi connectivity index (χ1) is 12.3. The zero-order valence-corrected chi connectivity index (χ0v) is 13.9. The van der Waals surface area contributed by atoms with Crippen LogP contribution in [0.25, 0.3) is 11.4 Å². The molecule has 1 fully saturated rings. The van der Waals surface area contributed by atoms with Crippen LogP contribution in [0.3, 0.4) is 0 Å². The van der Waals surface area contributed by atoms with Crippen LogP contribution in [-0.4, -0.2) is 28.0 Å². The summed E-state index contributed by atoms with van der Waals surface area (Å²) >= 11 is 0. The highest BCUT2D eigenvalue weighted by Gasteiger charge is 2.21. The summed E-state index contributed by atoms with van der Waals surface area (Å²) < 4.78 is 20.6. The van der Waals surface area contributed by atoms with Crippen LogP contribution in [0.15, 0.2) is 54.6 Å². The molecular weight excluding hydrogens is 317 g/mol. The molecule has 0 unspecified atom stereocenters. The zero-order valence-electron chi connectivity index (χ0n) is 13.9. The molecule has 128 valence electrons. The molecule has 4 rings (SSSR count). The van der Waals surface area contributed by atoms with Gasteiger partial charge in [-0.15, -0.1) is 0 Å². The van der Waals surface area contributed by atoms with Crippen LogP contribution in [-0.2, 0) is 17.7 Å². The highest BCUT2D eigenvalue weighted by atomic mass is 19.1. The molecule has 0 bridgehead atoms. The van der Waals surface area contributed by atoms with Gasteiger partial charge in [0.05, 0.1) is 6.54 Å². The Hall–Kier alpha value is -2.53. The van der Waals surface area contributed by atoms with Crippen molar-refractivity contribution in [1.82, 2.24) is 14.8 Å². The van der Waals surface area contributed by atoms with Gasteiger partial charge in [-0.05, 0) is 42.2 Å². The zero-order chi connectivity index (χ0) is 17.1. The minimum absolute atomic E-state index is 0.254. The van der Waals surface area contributed by atoms with Crippen molar-refractivity contribution in [2.45, 2.75) is 19.4 Å². The summed E-state index contributed by atoms with van der Waals surface area (Å²) in [5.41, 5.74) is 2.01. The lowest BCUT2D eigenvalue weighted by atomic mass is 10.0. The summed E-state index contributed by atoms with van der Waals surface area (Å²) in [4.78, 5) is 4.74. The quantitative estimate of drug-likeness (QED) is 0.712. The van der Waals surface area contributed by atoms with Gasteiger partial charge in [-0.2, -0.15) is 5.10 Å². The molecule has 2 heterocycles. The van der Waals surface area contributed by atoms with Crippen molar-refractivity contribution < 1.29 is 9.13 Å². The number of benzene rings is 2. The Morgan fingerprint density at radius 1 is 1.08 bits per heavy atom. The molecule has 1 aliphatic rings. The predicted molar refractivity (Wildman–Crippen MR) is 93.6 cm³/mol. The molecule has 5 heteroatoms. The maximum absolute atomic E-state index is 13.2. The van der Waals surface area contributed by atoms with Gasteiger partial charge in [0.15, 0.2) is 5.82 Å². The van der Waals surface area contributed by atoms with E-state index in [1.807, 2.05) is 22.9 Å². The van der Waals surface area contributed by atoms with Gasteiger partial charge in [0.1, 0.15) is 11.6 Å². The monoisotopic (exact) mass is 337 g/mol. The lowest BCUT2D eigenvalue weighted by Gasteiger charge is -2.09. The SMILES string of the molecule is Fc1ccc(-c2nc(C[C@H]3CCOC3)n(Cc3ccccc3)n2)cc1. The molecule has 1 atom stereocenters. The van der Waals surface area contributed by atoms with E-state index < -0.39 is 0 Å². The summed E-state index contributed by atoms with van der Waals surface area (Å²) in [5.74, 6) is 1.83. The minimum atomic E-state index is -0.254. The van der Waals surface area contributed by atoms with Crippen molar-refractivity contribution in [3.8, 4) is 11.4 Å². The lowest BCUT2D eigenvalue weighted by Crippen LogP contribution is -2.12. The number of halogens is 1. The van der Waals surface area contributed by atoms with E-state index in [2.05, 4.69) is 17.2 Å². The first-order valence-electron chi connectivity index (χ1n) is 8.59. The molecular formula is C20H20FN3O. The second-order valence-corrected chi connectivity index (χ2v) is 6.44. The maximum Gasteiger partial charge on any atom is 0.181 e. The van der Waals surface area contributed by atoms with Crippen LogP contribution in [0, 0.1) is 11.7 Å². The third kappa shape index (κ3) is 3.77. The number of nitrogens with zero attached hydrogens (tertiary/aromatic N) is 3. The molecule has 0 N–H and O–H groups in total. The van der Waals surface area contributed by atoms with Gasteiger partial charge in [-0.1, -0.05) is 30.3 Å². The van der Waals surface area contributed by atoms with Gasteiger partial charge in [0.2, 0.25) is 0 Å². The number of hydrogen-bond acceptors (Lipinski definition) is 3. The van der Waals surface area contributed by atoms with E-state index in [-0.39, 0.29) is 5.82 Å². The molecule has 1 aliphatic heterocycles. The van der Waals surface area contributed by atoms with Gasteiger partial charge >= 0.3 is 0 Å². The standard InChI is InChI=1S/C20H20FN3O/c21-18-8-6-17(7-9-18)20-22-19(12-16-10-11-25-14-16)24(23-20)13-15-4-2-1-3-5-15/h1-9,16H,10-14H2/t16-/m1/s1. The van der Waals surface area contributed by atoms with E-state index in [1.54, 1.807) is 12.1 Å². The van der Waals surface area contributed by atoms with E-state index in [0.717, 1.165) is 37.4 Å². The van der Waals surface area contributed by atoms with Gasteiger partial charge < -0.3 is 4.74 Å². The van der Waals surface area contributed by atoms with Crippen LogP contribution in [0.4, 0.5) is 4.39 Å². The molecule has 1 aromatic heterocycles. The Labute approximate surface area is 146 Å². The Morgan fingerprint density at radius 2 is 1.88 bits per heavy atom.